The molecule has 0 radical (unpaired) electrons. The second kappa shape index (κ2) is 7.73. The van der Waals surface area contributed by atoms with Crippen LogP contribution in [0.15, 0.2) is 35.3 Å². The predicted octanol–water partition coefficient (Wildman–Crippen LogP) is 3.33. The molecule has 4 nitrogen and oxygen atoms in total. The van der Waals surface area contributed by atoms with Crippen LogP contribution in [0.4, 0.5) is 4.79 Å². The number of thioether (sulfide) groups is 1. The molecule has 0 aliphatic heterocycles. The molecule has 0 N–H and O–H groups in total. The zero-order valence-electron chi connectivity index (χ0n) is 9.88. The van der Waals surface area contributed by atoms with Crippen molar-refractivity contribution in [3.8, 4) is 5.75 Å². The van der Waals surface area contributed by atoms with Gasteiger partial charge in [0, 0.05) is 0 Å². The lowest BCUT2D eigenvalue weighted by Gasteiger charge is -2.04. The highest BCUT2D eigenvalue weighted by Crippen LogP contribution is 2.10. The molecular formula is C12H15NO3S. The SMILES string of the molecule is CCCOC(=NC(=O)Oc1ccccc1)SC. The lowest BCUT2D eigenvalue weighted by molar-refractivity contribution is 0.210. The smallest absolute Gasteiger partial charge is 0.442 e. The van der Waals surface area contributed by atoms with E-state index in [9.17, 15) is 4.79 Å². The molecule has 0 fully saturated rings. The number of ether oxygens (including phenoxy) is 2. The molecule has 1 rings (SSSR count). The number of benzene rings is 1. The number of aliphatic imine (C=N–C) groups is 1. The Balaban J connectivity index is 2.54. The van der Waals surface area contributed by atoms with Crippen LogP contribution in [0.1, 0.15) is 13.3 Å². The minimum atomic E-state index is -0.670. The minimum absolute atomic E-state index is 0.327. The summed E-state index contributed by atoms with van der Waals surface area (Å²) in [4.78, 5) is 15.2. The fourth-order valence-corrected chi connectivity index (χ4v) is 1.38. The fraction of sp³-hybridized carbons (Fsp3) is 0.333. The first-order valence-electron chi connectivity index (χ1n) is 5.28. The van der Waals surface area contributed by atoms with Crippen LogP contribution in [0.3, 0.4) is 0 Å². The second-order valence-electron chi connectivity index (χ2n) is 3.11. The fourth-order valence-electron chi connectivity index (χ4n) is 1.01. The van der Waals surface area contributed by atoms with Gasteiger partial charge in [-0.05, 0) is 24.8 Å². The zero-order chi connectivity index (χ0) is 12.5. The molecule has 0 atom stereocenters. The molecule has 0 spiro atoms. The van der Waals surface area contributed by atoms with E-state index in [4.69, 9.17) is 9.47 Å². The van der Waals surface area contributed by atoms with Crippen molar-refractivity contribution in [2.45, 2.75) is 13.3 Å². The Hall–Kier alpha value is -1.49. The van der Waals surface area contributed by atoms with Gasteiger partial charge < -0.3 is 9.47 Å². The van der Waals surface area contributed by atoms with Crippen LogP contribution in [0.25, 0.3) is 0 Å². The summed E-state index contributed by atoms with van der Waals surface area (Å²) in [5, 5.41) is 0.327. The monoisotopic (exact) mass is 253 g/mol. The van der Waals surface area contributed by atoms with Crippen LogP contribution in [-0.4, -0.2) is 24.2 Å². The van der Waals surface area contributed by atoms with Gasteiger partial charge in [0.1, 0.15) is 5.75 Å². The number of carbonyl (C=O) groups is 1. The Morgan fingerprint density at radius 2 is 2.06 bits per heavy atom. The van der Waals surface area contributed by atoms with Gasteiger partial charge in [0.25, 0.3) is 5.23 Å². The molecule has 1 aromatic carbocycles. The van der Waals surface area contributed by atoms with E-state index >= 15 is 0 Å². The molecule has 5 heteroatoms. The highest BCUT2D eigenvalue weighted by molar-refractivity contribution is 8.13. The zero-order valence-corrected chi connectivity index (χ0v) is 10.7. The van der Waals surface area contributed by atoms with E-state index in [1.54, 1.807) is 30.5 Å². The maximum atomic E-state index is 11.4. The van der Waals surface area contributed by atoms with Crippen LogP contribution in [0, 0.1) is 0 Å². The standard InChI is InChI=1S/C12H15NO3S/c1-3-9-15-12(17-2)13-11(14)16-10-7-5-4-6-8-10/h4-8H,3,9H2,1-2H3. The summed E-state index contributed by atoms with van der Waals surface area (Å²) in [6, 6.07) is 8.81. The molecule has 0 saturated heterocycles. The lowest BCUT2D eigenvalue weighted by Crippen LogP contribution is -2.08. The molecule has 92 valence electrons. The van der Waals surface area contributed by atoms with Crippen molar-refractivity contribution in [1.82, 2.24) is 0 Å². The molecule has 0 unspecified atom stereocenters. The van der Waals surface area contributed by atoms with Crippen LogP contribution < -0.4 is 4.74 Å². The number of carbonyl (C=O) groups excluding carboxylic acids is 1. The van der Waals surface area contributed by atoms with Gasteiger partial charge in [-0.3, -0.25) is 0 Å². The maximum absolute atomic E-state index is 11.4. The number of hydrogen-bond donors (Lipinski definition) is 0. The molecular weight excluding hydrogens is 238 g/mol. The Morgan fingerprint density at radius 3 is 2.65 bits per heavy atom. The first-order chi connectivity index (χ1) is 8.26. The van der Waals surface area contributed by atoms with E-state index in [1.165, 1.54) is 11.8 Å². The van der Waals surface area contributed by atoms with E-state index in [1.807, 2.05) is 13.0 Å². The second-order valence-corrected chi connectivity index (χ2v) is 3.87. The van der Waals surface area contributed by atoms with Gasteiger partial charge in [0.2, 0.25) is 0 Å². The highest BCUT2D eigenvalue weighted by Gasteiger charge is 2.06. The van der Waals surface area contributed by atoms with Crippen molar-refractivity contribution >= 4 is 23.1 Å². The Kier molecular flexibility index (Phi) is 6.17. The predicted molar refractivity (Wildman–Crippen MR) is 69.7 cm³/mol. The number of amides is 1. The van der Waals surface area contributed by atoms with Gasteiger partial charge in [-0.2, -0.15) is 0 Å². The third-order valence-corrected chi connectivity index (χ3v) is 2.29. The Bertz CT molecular complexity index is 379. The van der Waals surface area contributed by atoms with Gasteiger partial charge in [0.15, 0.2) is 0 Å². The van der Waals surface area contributed by atoms with Crippen molar-refractivity contribution < 1.29 is 14.3 Å². The van der Waals surface area contributed by atoms with Crippen molar-refractivity contribution in [2.75, 3.05) is 12.9 Å². The summed E-state index contributed by atoms with van der Waals surface area (Å²) in [5.74, 6) is 0.470. The van der Waals surface area contributed by atoms with Gasteiger partial charge >= 0.3 is 6.09 Å². The van der Waals surface area contributed by atoms with Gasteiger partial charge in [0.05, 0.1) is 6.61 Å². The molecule has 1 amide bonds. The summed E-state index contributed by atoms with van der Waals surface area (Å²) in [5.41, 5.74) is 0. The topological polar surface area (TPSA) is 47.9 Å². The van der Waals surface area contributed by atoms with Crippen LogP contribution in [-0.2, 0) is 4.74 Å². The minimum Gasteiger partial charge on any atom is -0.473 e. The third kappa shape index (κ3) is 5.40. The first kappa shape index (κ1) is 13.6. The summed E-state index contributed by atoms with van der Waals surface area (Å²) < 4.78 is 10.3. The van der Waals surface area contributed by atoms with Crippen molar-refractivity contribution in [1.29, 1.82) is 0 Å². The maximum Gasteiger partial charge on any atom is 0.442 e. The Morgan fingerprint density at radius 1 is 1.35 bits per heavy atom. The summed E-state index contributed by atoms with van der Waals surface area (Å²) >= 11 is 1.28. The van der Waals surface area contributed by atoms with Crippen LogP contribution >= 0.6 is 11.8 Å². The summed E-state index contributed by atoms with van der Waals surface area (Å²) in [6.45, 7) is 2.53. The van der Waals surface area contributed by atoms with Crippen LogP contribution in [0.5, 0.6) is 5.75 Å². The van der Waals surface area contributed by atoms with Gasteiger partial charge in [-0.25, -0.2) is 4.79 Å². The van der Waals surface area contributed by atoms with Gasteiger partial charge in [-0.15, -0.1) is 4.99 Å². The number of nitrogens with zero attached hydrogens (tertiary/aromatic N) is 1. The molecule has 1 aromatic rings. The van der Waals surface area contributed by atoms with E-state index < -0.39 is 6.09 Å². The van der Waals surface area contributed by atoms with E-state index in [-0.39, 0.29) is 0 Å². The normalized spacial score (nSPS) is 11.1. The molecule has 0 aliphatic rings. The summed E-state index contributed by atoms with van der Waals surface area (Å²) in [7, 11) is 0. The molecule has 0 aliphatic carbocycles. The van der Waals surface area contributed by atoms with Gasteiger partial charge in [-0.1, -0.05) is 36.9 Å². The quantitative estimate of drug-likeness (QED) is 0.612. The van der Waals surface area contributed by atoms with Crippen molar-refractivity contribution in [3.05, 3.63) is 30.3 Å². The molecule has 0 aromatic heterocycles. The van der Waals surface area contributed by atoms with E-state index in [2.05, 4.69) is 4.99 Å². The van der Waals surface area contributed by atoms with E-state index in [0.717, 1.165) is 6.42 Å². The van der Waals surface area contributed by atoms with E-state index in [0.29, 0.717) is 17.6 Å². The number of rotatable bonds is 3. The molecule has 0 bridgehead atoms. The largest absolute Gasteiger partial charge is 0.473 e. The lowest BCUT2D eigenvalue weighted by atomic mass is 10.3. The molecule has 0 heterocycles. The molecule has 0 saturated carbocycles. The third-order valence-electron chi connectivity index (χ3n) is 1.74. The van der Waals surface area contributed by atoms with Crippen molar-refractivity contribution in [2.24, 2.45) is 4.99 Å². The van der Waals surface area contributed by atoms with Crippen LogP contribution in [0.2, 0.25) is 0 Å². The average molecular weight is 253 g/mol. The molecule has 17 heavy (non-hydrogen) atoms. The number of para-hydroxylation sites is 1. The highest BCUT2D eigenvalue weighted by atomic mass is 32.2. The average Bonchev–Trinajstić information content (AvgIpc) is 2.35. The Labute approximate surface area is 105 Å². The summed E-state index contributed by atoms with van der Waals surface area (Å²) in [6.07, 6.45) is 1.99. The van der Waals surface area contributed by atoms with Crippen molar-refractivity contribution in [3.63, 3.8) is 0 Å². The first-order valence-corrected chi connectivity index (χ1v) is 6.51. The number of hydrogen-bond acceptors (Lipinski definition) is 4.